The number of benzene rings is 1. The van der Waals surface area contributed by atoms with Crippen molar-refractivity contribution in [2.75, 3.05) is 11.9 Å². The van der Waals surface area contributed by atoms with Gasteiger partial charge >= 0.3 is 12.2 Å². The zero-order valence-electron chi connectivity index (χ0n) is 14.1. The average molecular weight is 398 g/mol. The van der Waals surface area contributed by atoms with Crippen LogP contribution in [0.5, 0.6) is 0 Å². The van der Waals surface area contributed by atoms with Crippen LogP contribution in [0.25, 0.3) is 0 Å². The number of nitrogens with zero attached hydrogens (tertiary/aromatic N) is 3. The normalized spacial score (nSPS) is 22.9. The topological polar surface area (TPSA) is 78.4 Å². The van der Waals surface area contributed by atoms with E-state index in [1.54, 1.807) is 0 Å². The molecule has 2 fully saturated rings. The molecule has 1 aromatic heterocycles. The number of rotatable bonds is 3. The first-order valence-corrected chi connectivity index (χ1v) is 9.39. The summed E-state index contributed by atoms with van der Waals surface area (Å²) in [5.41, 5.74) is -0.201. The first-order valence-electron chi connectivity index (χ1n) is 8.57. The molecule has 2 heterocycles. The SMILES string of the molecule is O=C(Nc1nnc(C2CC2)s1)N1C[C@@H](O)C[C@H]1c1ccc(C(F)(F)F)cc1. The van der Waals surface area contributed by atoms with Gasteiger partial charge in [0.1, 0.15) is 5.01 Å². The van der Waals surface area contributed by atoms with Crippen molar-refractivity contribution in [3.05, 3.63) is 40.4 Å². The van der Waals surface area contributed by atoms with Gasteiger partial charge in [0.15, 0.2) is 0 Å². The van der Waals surface area contributed by atoms with Crippen molar-refractivity contribution >= 4 is 22.5 Å². The van der Waals surface area contributed by atoms with Crippen molar-refractivity contribution in [3.63, 3.8) is 0 Å². The van der Waals surface area contributed by atoms with Crippen LogP contribution in [0.2, 0.25) is 0 Å². The minimum Gasteiger partial charge on any atom is -0.391 e. The summed E-state index contributed by atoms with van der Waals surface area (Å²) in [6.07, 6.45) is -2.72. The third-order valence-corrected chi connectivity index (χ3v) is 5.74. The van der Waals surface area contributed by atoms with Crippen molar-refractivity contribution in [1.29, 1.82) is 0 Å². The van der Waals surface area contributed by atoms with Gasteiger partial charge in [-0.3, -0.25) is 5.32 Å². The Morgan fingerprint density at radius 2 is 1.93 bits per heavy atom. The molecule has 0 unspecified atom stereocenters. The maximum atomic E-state index is 12.7. The number of hydrogen-bond donors (Lipinski definition) is 2. The summed E-state index contributed by atoms with van der Waals surface area (Å²) in [5.74, 6) is 0.432. The molecule has 4 rings (SSSR count). The summed E-state index contributed by atoms with van der Waals surface area (Å²) in [6, 6.07) is 3.73. The Morgan fingerprint density at radius 3 is 2.56 bits per heavy atom. The van der Waals surface area contributed by atoms with E-state index in [0.717, 1.165) is 30.0 Å². The van der Waals surface area contributed by atoms with Gasteiger partial charge in [-0.25, -0.2) is 4.79 Å². The number of β-amino-alcohol motifs (C(OH)–C–C–N with tert-alkyl or cyclic N) is 1. The van der Waals surface area contributed by atoms with Gasteiger partial charge in [-0.15, -0.1) is 10.2 Å². The van der Waals surface area contributed by atoms with E-state index in [-0.39, 0.29) is 13.0 Å². The molecule has 27 heavy (non-hydrogen) atoms. The van der Waals surface area contributed by atoms with Gasteiger partial charge in [0.2, 0.25) is 5.13 Å². The fourth-order valence-electron chi connectivity index (χ4n) is 3.19. The molecular formula is C17H17F3N4O2S. The van der Waals surface area contributed by atoms with Gasteiger partial charge < -0.3 is 10.0 Å². The molecule has 2 aliphatic rings. The summed E-state index contributed by atoms with van der Waals surface area (Å²) in [5, 5.41) is 22.0. The first-order chi connectivity index (χ1) is 12.8. The van der Waals surface area contributed by atoms with Gasteiger partial charge in [0.05, 0.1) is 17.7 Å². The molecule has 144 valence electrons. The number of urea groups is 1. The molecule has 10 heteroatoms. The summed E-state index contributed by atoms with van der Waals surface area (Å²) < 4.78 is 38.2. The Morgan fingerprint density at radius 1 is 1.22 bits per heavy atom. The van der Waals surface area contributed by atoms with E-state index in [1.807, 2.05) is 0 Å². The third-order valence-electron chi connectivity index (χ3n) is 4.74. The number of nitrogens with one attached hydrogen (secondary N) is 1. The van der Waals surface area contributed by atoms with E-state index in [4.69, 9.17) is 0 Å². The fourth-order valence-corrected chi connectivity index (χ4v) is 4.09. The molecule has 1 aliphatic carbocycles. The first kappa shape index (κ1) is 18.2. The zero-order valence-corrected chi connectivity index (χ0v) is 14.9. The molecule has 2 amide bonds. The minimum absolute atomic E-state index is 0.103. The second kappa shape index (κ2) is 6.75. The van der Waals surface area contributed by atoms with Gasteiger partial charge in [-0.1, -0.05) is 23.5 Å². The number of halogens is 3. The molecule has 2 aromatic rings. The highest BCUT2D eigenvalue weighted by Crippen LogP contribution is 2.42. The second-order valence-corrected chi connectivity index (χ2v) is 7.84. The number of anilines is 1. The molecule has 2 atom stereocenters. The van der Waals surface area contributed by atoms with Crippen molar-refractivity contribution in [2.24, 2.45) is 0 Å². The Bertz CT molecular complexity index is 835. The van der Waals surface area contributed by atoms with E-state index in [0.29, 0.717) is 16.6 Å². The van der Waals surface area contributed by atoms with Gasteiger partial charge in [-0.2, -0.15) is 13.2 Å². The molecule has 6 nitrogen and oxygen atoms in total. The molecule has 0 radical (unpaired) electrons. The Balaban J connectivity index is 1.49. The number of hydrogen-bond acceptors (Lipinski definition) is 5. The van der Waals surface area contributed by atoms with Crippen LogP contribution in [0.4, 0.5) is 23.1 Å². The highest BCUT2D eigenvalue weighted by molar-refractivity contribution is 7.15. The quantitative estimate of drug-likeness (QED) is 0.825. The van der Waals surface area contributed by atoms with Gasteiger partial charge in [0.25, 0.3) is 0 Å². The molecule has 2 N–H and O–H groups in total. The molecule has 0 spiro atoms. The number of carbonyl (C=O) groups excluding carboxylic acids is 1. The molecule has 1 saturated carbocycles. The predicted octanol–water partition coefficient (Wildman–Crippen LogP) is 3.77. The Labute approximate surface area is 157 Å². The molecule has 0 bridgehead atoms. The lowest BCUT2D eigenvalue weighted by molar-refractivity contribution is -0.137. The summed E-state index contributed by atoms with van der Waals surface area (Å²) in [7, 11) is 0. The van der Waals surface area contributed by atoms with Crippen LogP contribution in [0.15, 0.2) is 24.3 Å². The molecule has 1 aromatic carbocycles. The lowest BCUT2D eigenvalue weighted by Gasteiger charge is -2.24. The minimum atomic E-state index is -4.41. The number of carbonyl (C=O) groups is 1. The fraction of sp³-hybridized carbons (Fsp3) is 0.471. The number of aliphatic hydroxyl groups excluding tert-OH is 1. The number of aromatic nitrogens is 2. The van der Waals surface area contributed by atoms with E-state index in [9.17, 15) is 23.1 Å². The van der Waals surface area contributed by atoms with Crippen molar-refractivity contribution < 1.29 is 23.1 Å². The Kier molecular flexibility index (Phi) is 4.55. The molecule has 1 saturated heterocycles. The number of aliphatic hydroxyl groups is 1. The van der Waals surface area contributed by atoms with Crippen LogP contribution in [-0.4, -0.2) is 38.9 Å². The summed E-state index contributed by atoms with van der Waals surface area (Å²) >= 11 is 1.32. The van der Waals surface area contributed by atoms with Crippen LogP contribution in [-0.2, 0) is 6.18 Å². The highest BCUT2D eigenvalue weighted by Gasteiger charge is 2.37. The largest absolute Gasteiger partial charge is 0.416 e. The van der Waals surface area contributed by atoms with Crippen molar-refractivity contribution in [2.45, 2.75) is 43.5 Å². The average Bonchev–Trinajstić information content (AvgIpc) is 3.24. The predicted molar refractivity (Wildman–Crippen MR) is 92.4 cm³/mol. The second-order valence-electron chi connectivity index (χ2n) is 6.83. The van der Waals surface area contributed by atoms with Gasteiger partial charge in [-0.05, 0) is 37.0 Å². The zero-order chi connectivity index (χ0) is 19.2. The summed E-state index contributed by atoms with van der Waals surface area (Å²) in [6.45, 7) is 0.103. The Hall–Kier alpha value is -2.20. The maximum Gasteiger partial charge on any atom is 0.416 e. The van der Waals surface area contributed by atoms with Crippen LogP contribution in [0, 0.1) is 0 Å². The smallest absolute Gasteiger partial charge is 0.391 e. The summed E-state index contributed by atoms with van der Waals surface area (Å²) in [4.78, 5) is 14.0. The van der Waals surface area contributed by atoms with Gasteiger partial charge in [0, 0.05) is 12.5 Å². The molecule has 1 aliphatic heterocycles. The maximum absolute atomic E-state index is 12.7. The van der Waals surface area contributed by atoms with Crippen LogP contribution < -0.4 is 5.32 Å². The van der Waals surface area contributed by atoms with Crippen molar-refractivity contribution in [1.82, 2.24) is 15.1 Å². The van der Waals surface area contributed by atoms with Crippen LogP contribution in [0.3, 0.4) is 0 Å². The number of likely N-dealkylation sites (tertiary alicyclic amines) is 1. The number of amides is 2. The lowest BCUT2D eigenvalue weighted by Crippen LogP contribution is -2.35. The lowest BCUT2D eigenvalue weighted by atomic mass is 10.0. The molecular weight excluding hydrogens is 381 g/mol. The third kappa shape index (κ3) is 3.91. The number of alkyl halides is 3. The monoisotopic (exact) mass is 398 g/mol. The van der Waals surface area contributed by atoms with E-state index in [1.165, 1.54) is 28.4 Å². The van der Waals surface area contributed by atoms with Crippen LogP contribution in [0.1, 0.15) is 47.4 Å². The van der Waals surface area contributed by atoms with E-state index >= 15 is 0 Å². The van der Waals surface area contributed by atoms with E-state index < -0.39 is 29.9 Å². The van der Waals surface area contributed by atoms with Crippen LogP contribution >= 0.6 is 11.3 Å². The van der Waals surface area contributed by atoms with Crippen molar-refractivity contribution in [3.8, 4) is 0 Å². The standard InChI is InChI=1S/C17H17F3N4O2S/c18-17(19,20)11-5-3-9(4-6-11)13-7-12(25)8-24(13)16(26)21-15-23-22-14(27-15)10-1-2-10/h3-6,10,12-13,25H,1-2,7-8H2,(H,21,23,26)/t12-,13-/m0/s1. The highest BCUT2D eigenvalue weighted by atomic mass is 32.1. The van der Waals surface area contributed by atoms with E-state index in [2.05, 4.69) is 15.5 Å².